The lowest BCUT2D eigenvalue weighted by Crippen LogP contribution is -2.53. The van der Waals surface area contributed by atoms with E-state index in [2.05, 4.69) is 5.32 Å². The van der Waals surface area contributed by atoms with Crippen LogP contribution in [0.25, 0.3) is 0 Å². The van der Waals surface area contributed by atoms with Gasteiger partial charge in [0.05, 0.1) is 6.42 Å². The Balaban J connectivity index is 1.67. The van der Waals surface area contributed by atoms with Gasteiger partial charge in [0.15, 0.2) is 0 Å². The third kappa shape index (κ3) is 4.59. The Morgan fingerprint density at radius 2 is 1.71 bits per heavy atom. The topological polar surface area (TPSA) is 49.4 Å². The van der Waals surface area contributed by atoms with E-state index in [0.717, 1.165) is 43.4 Å². The molecule has 0 spiro atoms. The van der Waals surface area contributed by atoms with Crippen LogP contribution < -0.4 is 5.32 Å². The van der Waals surface area contributed by atoms with Crippen LogP contribution in [0.4, 0.5) is 4.79 Å². The summed E-state index contributed by atoms with van der Waals surface area (Å²) in [6.07, 6.45) is 11.4. The Hall–Kier alpha value is -1.36. The van der Waals surface area contributed by atoms with Crippen LogP contribution in [0.2, 0.25) is 0 Å². The van der Waals surface area contributed by atoms with Crippen molar-refractivity contribution < 1.29 is 9.59 Å². The summed E-state index contributed by atoms with van der Waals surface area (Å²) in [5.74, 6) is -0.0438. The minimum atomic E-state index is -0.157. The third-order valence-corrected chi connectivity index (χ3v) is 6.14. The second-order valence-electron chi connectivity index (χ2n) is 7.10. The number of nitrogens with one attached hydrogen (secondary N) is 1. The van der Waals surface area contributed by atoms with Gasteiger partial charge < -0.3 is 5.32 Å². The largest absolute Gasteiger partial charge is 0.335 e. The number of carbonyl (C=O) groups excluding carboxylic acids is 2. The van der Waals surface area contributed by atoms with Gasteiger partial charge in [0.2, 0.25) is 5.91 Å². The summed E-state index contributed by atoms with van der Waals surface area (Å²) in [6.45, 7) is 0. The van der Waals surface area contributed by atoms with Crippen LogP contribution >= 0.6 is 11.3 Å². The van der Waals surface area contributed by atoms with Crippen molar-refractivity contribution in [3.8, 4) is 0 Å². The van der Waals surface area contributed by atoms with E-state index in [9.17, 15) is 9.59 Å². The fourth-order valence-corrected chi connectivity index (χ4v) is 4.66. The van der Waals surface area contributed by atoms with Gasteiger partial charge in [-0.3, -0.25) is 9.69 Å². The zero-order valence-electron chi connectivity index (χ0n) is 14.3. The maximum absolute atomic E-state index is 12.9. The van der Waals surface area contributed by atoms with Crippen molar-refractivity contribution in [2.45, 2.75) is 82.7 Å². The minimum absolute atomic E-state index is 0.0438. The van der Waals surface area contributed by atoms with Crippen LogP contribution in [0.1, 0.15) is 69.1 Å². The van der Waals surface area contributed by atoms with Crippen LogP contribution in [0.3, 0.4) is 0 Å². The maximum Gasteiger partial charge on any atom is 0.324 e. The van der Waals surface area contributed by atoms with Gasteiger partial charge >= 0.3 is 6.03 Å². The molecule has 0 saturated heterocycles. The van der Waals surface area contributed by atoms with Crippen molar-refractivity contribution in [3.63, 3.8) is 0 Å². The van der Waals surface area contributed by atoms with Crippen LogP contribution in [0, 0.1) is 0 Å². The van der Waals surface area contributed by atoms with E-state index in [4.69, 9.17) is 0 Å². The monoisotopic (exact) mass is 348 g/mol. The number of hydrogen-bond donors (Lipinski definition) is 1. The van der Waals surface area contributed by atoms with E-state index in [-0.39, 0.29) is 24.0 Å². The zero-order valence-corrected chi connectivity index (χ0v) is 15.2. The summed E-state index contributed by atoms with van der Waals surface area (Å²) in [4.78, 5) is 28.3. The van der Waals surface area contributed by atoms with Gasteiger partial charge in [0.1, 0.15) is 0 Å². The molecular weight excluding hydrogens is 320 g/mol. The average Bonchev–Trinajstić information content (AvgIpc) is 3.10. The predicted octanol–water partition coefficient (Wildman–Crippen LogP) is 4.49. The Labute approximate surface area is 148 Å². The number of hydrogen-bond acceptors (Lipinski definition) is 3. The van der Waals surface area contributed by atoms with Gasteiger partial charge in [-0.2, -0.15) is 0 Å². The molecule has 132 valence electrons. The summed E-state index contributed by atoms with van der Waals surface area (Å²) in [5, 5.41) is 5.13. The molecule has 3 rings (SSSR count). The fourth-order valence-electron chi connectivity index (χ4n) is 3.96. The highest BCUT2D eigenvalue weighted by molar-refractivity contribution is 7.10. The van der Waals surface area contributed by atoms with Crippen molar-refractivity contribution in [2.75, 3.05) is 0 Å². The highest BCUT2D eigenvalue weighted by Gasteiger charge is 2.32. The molecule has 1 heterocycles. The van der Waals surface area contributed by atoms with Crippen molar-refractivity contribution in [1.82, 2.24) is 10.2 Å². The van der Waals surface area contributed by atoms with Gasteiger partial charge in [-0.05, 0) is 37.1 Å². The molecule has 0 bridgehead atoms. The van der Waals surface area contributed by atoms with Crippen molar-refractivity contribution in [3.05, 3.63) is 22.4 Å². The summed E-state index contributed by atoms with van der Waals surface area (Å²) in [5.41, 5.74) is 0. The van der Waals surface area contributed by atoms with E-state index in [1.807, 2.05) is 17.5 Å². The highest BCUT2D eigenvalue weighted by Crippen LogP contribution is 2.25. The molecule has 2 aliphatic carbocycles. The standard InChI is InChI=1S/C19H28N2O2S/c22-18(14-17-12-7-13-24-17)21(16-10-5-2-6-11-16)19(23)20-15-8-3-1-4-9-15/h7,12-13,15-16H,1-6,8-11,14H2,(H,20,23). The molecule has 2 fully saturated rings. The first-order chi connectivity index (χ1) is 11.7. The smallest absolute Gasteiger partial charge is 0.324 e. The van der Waals surface area contributed by atoms with E-state index < -0.39 is 0 Å². The van der Waals surface area contributed by atoms with Gasteiger partial charge in [-0.1, -0.05) is 44.6 Å². The molecule has 0 aromatic carbocycles. The average molecular weight is 349 g/mol. The van der Waals surface area contributed by atoms with Crippen molar-refractivity contribution >= 4 is 23.3 Å². The normalized spacial score (nSPS) is 19.8. The van der Waals surface area contributed by atoms with Gasteiger partial charge in [0, 0.05) is 17.0 Å². The molecule has 0 unspecified atom stereocenters. The lowest BCUT2D eigenvalue weighted by molar-refractivity contribution is -0.129. The van der Waals surface area contributed by atoms with Crippen LogP contribution in [-0.2, 0) is 11.2 Å². The molecule has 3 amide bonds. The van der Waals surface area contributed by atoms with Crippen LogP contribution in [-0.4, -0.2) is 28.9 Å². The Morgan fingerprint density at radius 3 is 2.33 bits per heavy atom. The molecule has 5 heteroatoms. The fraction of sp³-hybridized carbons (Fsp3) is 0.684. The molecule has 24 heavy (non-hydrogen) atoms. The van der Waals surface area contributed by atoms with Crippen LogP contribution in [0.5, 0.6) is 0 Å². The van der Waals surface area contributed by atoms with E-state index in [0.29, 0.717) is 6.42 Å². The highest BCUT2D eigenvalue weighted by atomic mass is 32.1. The first kappa shape index (κ1) is 17.5. The molecule has 0 aliphatic heterocycles. The third-order valence-electron chi connectivity index (χ3n) is 5.27. The number of amides is 3. The predicted molar refractivity (Wildman–Crippen MR) is 97.1 cm³/mol. The minimum Gasteiger partial charge on any atom is -0.335 e. The first-order valence-corrected chi connectivity index (χ1v) is 10.3. The number of imide groups is 1. The number of rotatable bonds is 4. The molecular formula is C19H28N2O2S. The van der Waals surface area contributed by atoms with Gasteiger partial charge in [-0.15, -0.1) is 11.3 Å². The van der Waals surface area contributed by atoms with E-state index in [1.165, 1.54) is 25.7 Å². The lowest BCUT2D eigenvalue weighted by Gasteiger charge is -2.34. The Kier molecular flexibility index (Phi) is 6.30. The molecule has 1 aromatic rings. The molecule has 1 aromatic heterocycles. The quantitative estimate of drug-likeness (QED) is 0.871. The SMILES string of the molecule is O=C(Cc1cccs1)N(C(=O)NC1CCCCC1)C1CCCCC1. The molecule has 2 aliphatic rings. The molecule has 4 nitrogen and oxygen atoms in total. The summed E-state index contributed by atoms with van der Waals surface area (Å²) in [6, 6.07) is 4.10. The second kappa shape index (κ2) is 8.65. The molecule has 0 atom stereocenters. The van der Waals surface area contributed by atoms with Gasteiger partial charge in [0.25, 0.3) is 0 Å². The number of urea groups is 1. The van der Waals surface area contributed by atoms with Crippen molar-refractivity contribution in [2.24, 2.45) is 0 Å². The first-order valence-electron chi connectivity index (χ1n) is 9.39. The maximum atomic E-state index is 12.9. The second-order valence-corrected chi connectivity index (χ2v) is 8.13. The Morgan fingerprint density at radius 1 is 1.04 bits per heavy atom. The Bertz CT molecular complexity index is 532. The molecule has 1 N–H and O–H groups in total. The summed E-state index contributed by atoms with van der Waals surface area (Å²) in [7, 11) is 0. The van der Waals surface area contributed by atoms with Crippen LogP contribution in [0.15, 0.2) is 17.5 Å². The zero-order chi connectivity index (χ0) is 16.8. The lowest BCUT2D eigenvalue weighted by atomic mass is 9.93. The number of carbonyl (C=O) groups is 2. The van der Waals surface area contributed by atoms with E-state index >= 15 is 0 Å². The summed E-state index contributed by atoms with van der Waals surface area (Å²) >= 11 is 1.58. The molecule has 0 radical (unpaired) electrons. The number of nitrogens with zero attached hydrogens (tertiary/aromatic N) is 1. The van der Waals surface area contributed by atoms with Gasteiger partial charge in [-0.25, -0.2) is 4.79 Å². The van der Waals surface area contributed by atoms with Crippen molar-refractivity contribution in [1.29, 1.82) is 0 Å². The number of thiophene rings is 1. The summed E-state index contributed by atoms with van der Waals surface area (Å²) < 4.78 is 0. The van der Waals surface area contributed by atoms with E-state index in [1.54, 1.807) is 16.2 Å². The molecule has 2 saturated carbocycles.